The van der Waals surface area contributed by atoms with Gasteiger partial charge in [0.1, 0.15) is 6.10 Å². The first kappa shape index (κ1) is 31.4. The van der Waals surface area contributed by atoms with Gasteiger partial charge >= 0.3 is 5.97 Å². The molecule has 0 aromatic heterocycles. The van der Waals surface area contributed by atoms with E-state index in [9.17, 15) is 15.0 Å². The minimum absolute atomic E-state index is 0.0814. The molecule has 5 aliphatic carbocycles. The molecule has 0 amide bonds. The van der Waals surface area contributed by atoms with Gasteiger partial charge in [-0.2, -0.15) is 0 Å². The van der Waals surface area contributed by atoms with Crippen molar-refractivity contribution in [2.45, 2.75) is 148 Å². The largest absolute Gasteiger partial charge is 0.462 e. The first-order valence-corrected chi connectivity index (χ1v) is 16.6. The molecule has 6 nitrogen and oxygen atoms in total. The van der Waals surface area contributed by atoms with Crippen molar-refractivity contribution >= 4 is 17.7 Å². The summed E-state index contributed by atoms with van der Waals surface area (Å²) < 4.78 is 44.1. The second-order valence-corrected chi connectivity index (χ2v) is 17.3. The van der Waals surface area contributed by atoms with Gasteiger partial charge in [0.25, 0.3) is 5.92 Å². The van der Waals surface area contributed by atoms with Gasteiger partial charge in [0.05, 0.1) is 29.8 Å². The van der Waals surface area contributed by atoms with Gasteiger partial charge in [0, 0.05) is 30.2 Å². The maximum absolute atomic E-state index is 15.6. The predicted octanol–water partition coefficient (Wildman–Crippen LogP) is 6.40. The van der Waals surface area contributed by atoms with Gasteiger partial charge in [-0.05, 0) is 111 Å². The highest BCUT2D eigenvalue weighted by Gasteiger charge is 2.86. The molecule has 0 bridgehead atoms. The van der Waals surface area contributed by atoms with E-state index in [1.54, 1.807) is 27.7 Å². The van der Waals surface area contributed by atoms with E-state index >= 15 is 8.78 Å². The first-order valence-electron chi connectivity index (χ1n) is 16.2. The number of carbonyl (C=O) groups excluding carboxylic acids is 1. The summed E-state index contributed by atoms with van der Waals surface area (Å²) in [6.45, 7) is 14.0. The Morgan fingerprint density at radius 1 is 1.02 bits per heavy atom. The number of hydrogen-bond acceptors (Lipinski definition) is 6. The van der Waals surface area contributed by atoms with E-state index in [-0.39, 0.29) is 59.0 Å². The molecule has 11 atom stereocenters. The molecule has 6 aliphatic rings. The van der Waals surface area contributed by atoms with E-state index in [4.69, 9.17) is 21.3 Å². The zero-order valence-corrected chi connectivity index (χ0v) is 27.3. The minimum Gasteiger partial charge on any atom is -0.462 e. The summed E-state index contributed by atoms with van der Waals surface area (Å²) in [7, 11) is 0. The van der Waals surface area contributed by atoms with E-state index in [2.05, 4.69) is 25.6 Å². The fourth-order valence-corrected chi connectivity index (χ4v) is 12.6. The minimum atomic E-state index is -2.84. The summed E-state index contributed by atoms with van der Waals surface area (Å²) in [5, 5.41) is 22.6. The normalized spacial score (nSPS) is 52.1. The Balaban J connectivity index is 1.38. The van der Waals surface area contributed by atoms with Crippen molar-refractivity contribution in [3.8, 4) is 0 Å². The molecule has 0 aromatic carbocycles. The number of fused-ring (bicyclic) bond motifs is 2. The highest BCUT2D eigenvalue weighted by atomic mass is 35.5. The molecule has 2 spiro atoms. The number of alkyl halides is 2. The first-order chi connectivity index (χ1) is 19.2. The molecule has 1 heterocycles. The average Bonchev–Trinajstić information content (AvgIpc) is 3.24. The Bertz CT molecular complexity index is 1130. The fraction of sp³-hybridized carbons (Fsp3) is 0.970. The lowest BCUT2D eigenvalue weighted by atomic mass is 9.41. The lowest BCUT2D eigenvalue weighted by Crippen LogP contribution is -2.64. The molecule has 6 fully saturated rings. The number of nitrogens with one attached hydrogen (secondary N) is 1. The van der Waals surface area contributed by atoms with Crippen LogP contribution >= 0.6 is 11.8 Å². The molecule has 42 heavy (non-hydrogen) atoms. The highest BCUT2D eigenvalue weighted by Crippen LogP contribution is 2.90. The van der Waals surface area contributed by atoms with Crippen LogP contribution in [0.2, 0.25) is 0 Å². The van der Waals surface area contributed by atoms with Crippen molar-refractivity contribution in [2.24, 2.45) is 44.8 Å². The number of hydrogen-bond donors (Lipinski definition) is 3. The van der Waals surface area contributed by atoms with Gasteiger partial charge in [-0.3, -0.25) is 4.79 Å². The van der Waals surface area contributed by atoms with Gasteiger partial charge < -0.3 is 19.7 Å². The van der Waals surface area contributed by atoms with Gasteiger partial charge in [0.2, 0.25) is 0 Å². The summed E-state index contributed by atoms with van der Waals surface area (Å²) in [6, 6.07) is 0. The zero-order valence-electron chi connectivity index (χ0n) is 26.5. The second kappa shape index (κ2) is 9.27. The Morgan fingerprint density at radius 3 is 2.31 bits per heavy atom. The van der Waals surface area contributed by atoms with Crippen molar-refractivity contribution in [2.75, 3.05) is 6.54 Å². The molecule has 3 N–H and O–H groups in total. The van der Waals surface area contributed by atoms with E-state index in [0.717, 1.165) is 32.1 Å². The van der Waals surface area contributed by atoms with Crippen molar-refractivity contribution < 1.29 is 33.3 Å². The average molecular weight is 616 g/mol. The Labute approximate surface area is 255 Å². The number of carbonyl (C=O) groups is 1. The monoisotopic (exact) mass is 615 g/mol. The molecule has 1 aliphatic heterocycles. The van der Waals surface area contributed by atoms with Crippen LogP contribution < -0.4 is 4.84 Å². The van der Waals surface area contributed by atoms with E-state index in [1.807, 2.05) is 0 Å². The summed E-state index contributed by atoms with van der Waals surface area (Å²) in [6.07, 6.45) is 4.34. The molecule has 240 valence electrons. The summed E-state index contributed by atoms with van der Waals surface area (Å²) in [4.78, 5) is 15.5. The third-order valence-corrected chi connectivity index (χ3v) is 14.7. The van der Waals surface area contributed by atoms with Crippen molar-refractivity contribution in [1.82, 2.24) is 4.84 Å². The number of esters is 1. The Hall–Kier alpha value is -0.540. The number of rotatable bonds is 6. The van der Waals surface area contributed by atoms with E-state index in [1.165, 1.54) is 0 Å². The SMILES string of the molecule is CC(C)(O)[C@@H]1CC[C@@](C)([C@H]2[C@@H](O)C[C@@]3(C)[C@@H]4C[C@H](OC(=O)CCNCl)[C@H]5C(C)(C)C(F)(F)CC[C@@]56C[C@@]46CC[C@]23C)O1. The number of halogens is 3. The van der Waals surface area contributed by atoms with Crippen molar-refractivity contribution in [3.05, 3.63) is 0 Å². The fourth-order valence-electron chi connectivity index (χ4n) is 12.5. The lowest BCUT2D eigenvalue weighted by molar-refractivity contribution is -0.252. The number of ether oxygens (including phenoxy) is 2. The molecule has 1 saturated heterocycles. The second-order valence-electron chi connectivity index (χ2n) is 17.0. The topological polar surface area (TPSA) is 88.0 Å². The summed E-state index contributed by atoms with van der Waals surface area (Å²) in [5.41, 5.74) is -3.75. The molecular formula is C33H52ClF2NO5. The van der Waals surface area contributed by atoms with Crippen molar-refractivity contribution in [1.29, 1.82) is 0 Å². The van der Waals surface area contributed by atoms with Gasteiger partial charge in [-0.15, -0.1) is 0 Å². The molecule has 0 aromatic rings. The third kappa shape index (κ3) is 3.89. The standard InChI is InChI=1S/C33H52ClF2NO5/c1-26(2)25-20(41-23(39)9-15-37-34)16-21-29(6)17-19(38)24(30(7)10-8-22(42-30)27(3,4)40)28(29,5)11-12-31(21)18-32(25,31)13-14-33(26,35)36/h19-22,24-25,37-38,40H,8-18H2,1-7H3/t19-,20-,21-,22-,24-,25-,28+,29-,30-,31-,32+/m0/s1. The van der Waals surface area contributed by atoms with Crippen LogP contribution in [0.1, 0.15) is 113 Å². The third-order valence-electron chi connectivity index (χ3n) is 14.5. The Morgan fingerprint density at radius 2 is 1.69 bits per heavy atom. The van der Waals surface area contributed by atoms with Crippen molar-refractivity contribution in [3.63, 3.8) is 0 Å². The number of aliphatic hydroxyl groups excluding tert-OH is 1. The van der Waals surface area contributed by atoms with Crippen LogP contribution in [0.15, 0.2) is 0 Å². The zero-order chi connectivity index (χ0) is 30.9. The van der Waals surface area contributed by atoms with Crippen LogP contribution in [0.3, 0.4) is 0 Å². The molecule has 5 saturated carbocycles. The van der Waals surface area contributed by atoms with Gasteiger partial charge in [0.15, 0.2) is 0 Å². The van der Waals surface area contributed by atoms with Crippen LogP contribution in [0, 0.1) is 44.8 Å². The quantitative estimate of drug-likeness (QED) is 0.237. The highest BCUT2D eigenvalue weighted by molar-refractivity contribution is 6.13. The van der Waals surface area contributed by atoms with Gasteiger partial charge in [-0.1, -0.05) is 27.7 Å². The van der Waals surface area contributed by atoms with Crippen LogP contribution in [-0.2, 0) is 14.3 Å². The predicted molar refractivity (Wildman–Crippen MR) is 156 cm³/mol. The number of aliphatic hydroxyl groups is 2. The van der Waals surface area contributed by atoms with E-state index < -0.39 is 46.6 Å². The van der Waals surface area contributed by atoms with Crippen LogP contribution in [0.5, 0.6) is 0 Å². The molecule has 0 radical (unpaired) electrons. The molecule has 6 rings (SSSR count). The smallest absolute Gasteiger partial charge is 0.307 e. The summed E-state index contributed by atoms with van der Waals surface area (Å²) >= 11 is 5.62. The molecule has 9 heteroatoms. The van der Waals surface area contributed by atoms with Crippen LogP contribution in [-0.4, -0.2) is 58.2 Å². The van der Waals surface area contributed by atoms with Crippen LogP contribution in [0.25, 0.3) is 0 Å². The molecule has 0 unspecified atom stereocenters. The van der Waals surface area contributed by atoms with Gasteiger partial charge in [-0.25, -0.2) is 13.6 Å². The lowest BCUT2D eigenvalue weighted by Gasteiger charge is -2.65. The summed E-state index contributed by atoms with van der Waals surface area (Å²) in [5.74, 6) is -3.64. The van der Waals surface area contributed by atoms with E-state index in [0.29, 0.717) is 19.3 Å². The Kier molecular flexibility index (Phi) is 6.94. The maximum atomic E-state index is 15.6. The maximum Gasteiger partial charge on any atom is 0.307 e. The molecular weight excluding hydrogens is 564 g/mol. The van der Waals surface area contributed by atoms with Crippen LogP contribution in [0.4, 0.5) is 8.78 Å².